The summed E-state index contributed by atoms with van der Waals surface area (Å²) in [4.78, 5) is 18.9. The Hall–Kier alpha value is -2.41. The first-order chi connectivity index (χ1) is 13.5. The Kier molecular flexibility index (Phi) is 5.98. The summed E-state index contributed by atoms with van der Waals surface area (Å²) < 4.78 is 10.8. The minimum atomic E-state index is -0.805. The fraction of sp³-hybridized carbons (Fsp3) is 0.591. The Bertz CT molecular complexity index is 854. The number of benzene rings is 1. The van der Waals surface area contributed by atoms with Gasteiger partial charge >= 0.3 is 6.09 Å². The molecule has 29 heavy (non-hydrogen) atoms. The Morgan fingerprint density at radius 2 is 2.00 bits per heavy atom. The first-order valence-electron chi connectivity index (χ1n) is 10.2. The van der Waals surface area contributed by atoms with E-state index >= 15 is 0 Å². The van der Waals surface area contributed by atoms with Crippen LogP contribution in [0.3, 0.4) is 0 Å². The number of hydrogen-bond acceptors (Lipinski definition) is 6. The second kappa shape index (κ2) is 8.14. The van der Waals surface area contributed by atoms with Gasteiger partial charge in [-0.2, -0.15) is 4.98 Å². The summed E-state index contributed by atoms with van der Waals surface area (Å²) >= 11 is 0. The first kappa shape index (κ1) is 21.3. The molecule has 1 N–H and O–H groups in total. The van der Waals surface area contributed by atoms with E-state index in [9.17, 15) is 4.79 Å². The Labute approximate surface area is 172 Å². The van der Waals surface area contributed by atoms with Crippen LogP contribution < -0.4 is 5.32 Å². The summed E-state index contributed by atoms with van der Waals surface area (Å²) in [6.45, 7) is 9.68. The Balaban J connectivity index is 1.66. The van der Waals surface area contributed by atoms with Crippen LogP contribution in [0, 0.1) is 0 Å². The number of amides is 1. The zero-order valence-electron chi connectivity index (χ0n) is 18.3. The van der Waals surface area contributed by atoms with E-state index in [1.54, 1.807) is 0 Å². The highest BCUT2D eigenvalue weighted by molar-refractivity contribution is 5.68. The summed E-state index contributed by atoms with van der Waals surface area (Å²) in [5.74, 6) is 0.959. The molecular formula is C22H32N4O3. The number of carbonyl (C=O) groups is 1. The van der Waals surface area contributed by atoms with Crippen molar-refractivity contribution in [3.63, 3.8) is 0 Å². The van der Waals surface area contributed by atoms with E-state index in [2.05, 4.69) is 51.7 Å². The lowest BCUT2D eigenvalue weighted by atomic mass is 9.87. The number of nitrogens with zero attached hydrogens (tertiary/aromatic N) is 3. The van der Waals surface area contributed by atoms with Crippen molar-refractivity contribution in [3.05, 3.63) is 47.1 Å². The zero-order chi connectivity index (χ0) is 21.2. The lowest BCUT2D eigenvalue weighted by Crippen LogP contribution is -2.44. The fourth-order valence-electron chi connectivity index (χ4n) is 3.70. The minimum Gasteiger partial charge on any atom is -0.444 e. The second-order valence-corrected chi connectivity index (χ2v) is 9.29. The number of aromatic nitrogens is 2. The van der Waals surface area contributed by atoms with Gasteiger partial charge in [0.15, 0.2) is 5.82 Å². The highest BCUT2D eigenvalue weighted by Crippen LogP contribution is 2.34. The molecule has 1 unspecified atom stereocenters. The molecule has 1 atom stereocenters. The average Bonchev–Trinajstić information content (AvgIpc) is 3.08. The van der Waals surface area contributed by atoms with E-state index in [0.717, 1.165) is 12.8 Å². The van der Waals surface area contributed by atoms with Gasteiger partial charge in [0.1, 0.15) is 11.1 Å². The van der Waals surface area contributed by atoms with Gasteiger partial charge < -0.3 is 14.6 Å². The molecule has 0 aliphatic heterocycles. The van der Waals surface area contributed by atoms with Crippen LogP contribution in [0.25, 0.3) is 0 Å². The van der Waals surface area contributed by atoms with Crippen molar-refractivity contribution in [2.45, 2.75) is 77.6 Å². The number of ether oxygens (including phenoxy) is 1. The molecule has 3 rings (SSSR count). The largest absolute Gasteiger partial charge is 0.444 e. The van der Waals surface area contributed by atoms with Gasteiger partial charge in [0.25, 0.3) is 0 Å². The molecule has 0 saturated heterocycles. The third-order valence-electron chi connectivity index (χ3n) is 5.10. The lowest BCUT2D eigenvalue weighted by molar-refractivity contribution is 0.0465. The third-order valence-corrected chi connectivity index (χ3v) is 5.10. The molecule has 1 amide bonds. The van der Waals surface area contributed by atoms with E-state index in [-0.39, 0.29) is 0 Å². The van der Waals surface area contributed by atoms with Crippen LogP contribution in [-0.4, -0.2) is 33.8 Å². The Morgan fingerprint density at radius 3 is 2.72 bits per heavy atom. The van der Waals surface area contributed by atoms with Gasteiger partial charge in [-0.15, -0.1) is 0 Å². The quantitative estimate of drug-likeness (QED) is 0.804. The van der Waals surface area contributed by atoms with Crippen LogP contribution >= 0.6 is 0 Å². The molecule has 1 aliphatic rings. The first-order valence-corrected chi connectivity index (χ1v) is 10.2. The van der Waals surface area contributed by atoms with Crippen molar-refractivity contribution >= 4 is 6.09 Å². The van der Waals surface area contributed by atoms with Crippen molar-refractivity contribution in [1.29, 1.82) is 0 Å². The summed E-state index contributed by atoms with van der Waals surface area (Å²) in [5, 5.41) is 6.91. The number of aryl methyl sites for hydroxylation is 1. The standard InChI is InChI=1S/C22H32N4O3/c1-21(2,3)28-20(27)24-22(4,5)19-23-18(29-25-19)14-26(6)17-13-9-11-15-10-7-8-12-16(15)17/h7-8,10,12,17H,9,11,13-14H2,1-6H3,(H,24,27). The highest BCUT2D eigenvalue weighted by Gasteiger charge is 2.31. The summed E-state index contributed by atoms with van der Waals surface area (Å²) in [6, 6.07) is 8.96. The zero-order valence-corrected chi connectivity index (χ0v) is 18.3. The van der Waals surface area contributed by atoms with E-state index in [1.165, 1.54) is 17.5 Å². The molecule has 0 saturated carbocycles. The molecule has 1 heterocycles. The fourth-order valence-corrected chi connectivity index (χ4v) is 3.70. The molecule has 0 radical (unpaired) electrons. The van der Waals surface area contributed by atoms with Crippen molar-refractivity contribution in [2.75, 3.05) is 7.05 Å². The van der Waals surface area contributed by atoms with Crippen LogP contribution in [0.15, 0.2) is 28.8 Å². The van der Waals surface area contributed by atoms with Gasteiger partial charge in [0, 0.05) is 6.04 Å². The summed E-state index contributed by atoms with van der Waals surface area (Å²) in [5.41, 5.74) is 1.43. The third kappa shape index (κ3) is 5.35. The molecule has 158 valence electrons. The van der Waals surface area contributed by atoms with Gasteiger partial charge in [-0.05, 0) is 72.1 Å². The molecule has 1 aliphatic carbocycles. The van der Waals surface area contributed by atoms with Gasteiger partial charge in [-0.1, -0.05) is 29.4 Å². The predicted molar refractivity (Wildman–Crippen MR) is 110 cm³/mol. The van der Waals surface area contributed by atoms with E-state index in [0.29, 0.717) is 24.3 Å². The number of alkyl carbamates (subject to hydrolysis) is 1. The average molecular weight is 401 g/mol. The maximum Gasteiger partial charge on any atom is 0.408 e. The molecule has 0 spiro atoms. The maximum atomic E-state index is 12.1. The Morgan fingerprint density at radius 1 is 1.28 bits per heavy atom. The molecule has 0 fully saturated rings. The van der Waals surface area contributed by atoms with Crippen LogP contribution in [0.2, 0.25) is 0 Å². The normalized spacial score (nSPS) is 17.1. The van der Waals surface area contributed by atoms with E-state index in [4.69, 9.17) is 9.26 Å². The number of fused-ring (bicyclic) bond motifs is 1. The molecule has 7 nitrogen and oxygen atoms in total. The topological polar surface area (TPSA) is 80.5 Å². The SMILES string of the molecule is CN(Cc1nc(C(C)(C)NC(=O)OC(C)(C)C)no1)C1CCCc2ccccc21. The monoisotopic (exact) mass is 400 g/mol. The van der Waals surface area contributed by atoms with Crippen molar-refractivity contribution in [3.8, 4) is 0 Å². The number of rotatable bonds is 5. The van der Waals surface area contributed by atoms with Crippen molar-refractivity contribution in [1.82, 2.24) is 20.4 Å². The van der Waals surface area contributed by atoms with Crippen LogP contribution in [0.4, 0.5) is 4.79 Å². The summed E-state index contributed by atoms with van der Waals surface area (Å²) in [7, 11) is 2.08. The van der Waals surface area contributed by atoms with Crippen LogP contribution in [0.1, 0.15) is 76.3 Å². The van der Waals surface area contributed by atoms with Crippen LogP contribution in [0.5, 0.6) is 0 Å². The smallest absolute Gasteiger partial charge is 0.408 e. The minimum absolute atomic E-state index is 0.336. The molecule has 1 aromatic heterocycles. The van der Waals surface area contributed by atoms with Crippen molar-refractivity contribution in [2.24, 2.45) is 0 Å². The maximum absolute atomic E-state index is 12.1. The highest BCUT2D eigenvalue weighted by atomic mass is 16.6. The summed E-state index contributed by atoms with van der Waals surface area (Å²) in [6.07, 6.45) is 2.91. The number of nitrogens with one attached hydrogen (secondary N) is 1. The molecule has 2 aromatic rings. The lowest BCUT2D eigenvalue weighted by Gasteiger charge is -2.32. The van der Waals surface area contributed by atoms with Crippen molar-refractivity contribution < 1.29 is 14.1 Å². The van der Waals surface area contributed by atoms with Gasteiger partial charge in [0.2, 0.25) is 5.89 Å². The van der Waals surface area contributed by atoms with Gasteiger partial charge in [0.05, 0.1) is 6.54 Å². The number of hydrogen-bond donors (Lipinski definition) is 1. The van der Waals surface area contributed by atoms with Gasteiger partial charge in [-0.25, -0.2) is 4.79 Å². The number of carbonyl (C=O) groups excluding carboxylic acids is 1. The van der Waals surface area contributed by atoms with Crippen LogP contribution in [-0.2, 0) is 23.2 Å². The molecule has 7 heteroatoms. The second-order valence-electron chi connectivity index (χ2n) is 9.29. The van der Waals surface area contributed by atoms with E-state index < -0.39 is 17.2 Å². The molecule has 0 bridgehead atoms. The predicted octanol–water partition coefficient (Wildman–Crippen LogP) is 4.34. The molecule has 1 aromatic carbocycles. The van der Waals surface area contributed by atoms with Gasteiger partial charge in [-0.3, -0.25) is 4.90 Å². The molecular weight excluding hydrogens is 368 g/mol. The van der Waals surface area contributed by atoms with E-state index in [1.807, 2.05) is 34.6 Å².